The molecule has 1 aliphatic rings. The molecule has 1 aliphatic heterocycles. The number of benzene rings is 2. The van der Waals surface area contributed by atoms with Crippen molar-refractivity contribution in [1.29, 1.82) is 0 Å². The molecule has 0 saturated heterocycles. The highest BCUT2D eigenvalue weighted by Crippen LogP contribution is 2.29. The van der Waals surface area contributed by atoms with Gasteiger partial charge in [0.15, 0.2) is 0 Å². The maximum Gasteiger partial charge on any atom is 0.296 e. The molecule has 2 N–H and O–H groups in total. The number of anilines is 1. The lowest BCUT2D eigenvalue weighted by atomic mass is 10.1. The summed E-state index contributed by atoms with van der Waals surface area (Å²) in [5.41, 5.74) is 6.50. The van der Waals surface area contributed by atoms with E-state index in [1.807, 2.05) is 31.2 Å². The summed E-state index contributed by atoms with van der Waals surface area (Å²) in [6.45, 7) is 3.65. The second kappa shape index (κ2) is 7.27. The van der Waals surface area contributed by atoms with Crippen molar-refractivity contribution in [3.05, 3.63) is 65.5 Å². The number of carbonyl (C=O) groups excluding carboxylic acids is 1. The Hall–Kier alpha value is -3.87. The third-order valence-electron chi connectivity index (χ3n) is 4.58. The van der Waals surface area contributed by atoms with E-state index in [-0.39, 0.29) is 17.4 Å². The normalized spacial score (nSPS) is 15.1. The van der Waals surface area contributed by atoms with Gasteiger partial charge in [-0.1, -0.05) is 12.1 Å². The molecule has 146 valence electrons. The van der Waals surface area contributed by atoms with Crippen LogP contribution < -0.4 is 10.2 Å². The Bertz CT molecular complexity index is 1180. The molecule has 2 heterocycles. The van der Waals surface area contributed by atoms with Gasteiger partial charge in [-0.2, -0.15) is 0 Å². The van der Waals surface area contributed by atoms with Crippen LogP contribution in [0.5, 0.6) is 11.5 Å². The van der Waals surface area contributed by atoms with Gasteiger partial charge < -0.3 is 9.84 Å². The summed E-state index contributed by atoms with van der Waals surface area (Å²) < 4.78 is 5.32. The highest BCUT2D eigenvalue weighted by molar-refractivity contribution is 6.14. The molecule has 0 unspecified atom stereocenters. The predicted octanol–water partition coefficient (Wildman–Crippen LogP) is 3.89. The van der Waals surface area contributed by atoms with Crippen LogP contribution in [0.15, 0.2) is 59.2 Å². The van der Waals surface area contributed by atoms with Crippen LogP contribution in [-0.2, 0) is 4.79 Å². The smallest absolute Gasteiger partial charge is 0.296 e. The fraction of sp³-hybridized carbons (Fsp3) is 0.136. The van der Waals surface area contributed by atoms with Crippen molar-refractivity contribution < 1.29 is 14.6 Å². The number of hydrogen-bond donors (Lipinski definition) is 2. The highest BCUT2D eigenvalue weighted by atomic mass is 16.5. The Morgan fingerprint density at radius 1 is 1.14 bits per heavy atom. The van der Waals surface area contributed by atoms with Gasteiger partial charge in [0.05, 0.1) is 18.3 Å². The predicted molar refractivity (Wildman–Crippen MR) is 113 cm³/mol. The molecule has 0 fully saturated rings. The van der Waals surface area contributed by atoms with Gasteiger partial charge in [0.1, 0.15) is 23.0 Å². The van der Waals surface area contributed by atoms with Crippen LogP contribution in [0, 0.1) is 6.92 Å². The van der Waals surface area contributed by atoms with Crippen molar-refractivity contribution in [3.8, 4) is 11.5 Å². The fourth-order valence-electron chi connectivity index (χ4n) is 3.21. The average molecular weight is 388 g/mol. The maximum atomic E-state index is 12.9. The number of nitrogens with zero attached hydrogens (tertiary/aromatic N) is 3. The second-order valence-corrected chi connectivity index (χ2v) is 6.73. The van der Waals surface area contributed by atoms with Crippen LogP contribution in [0.1, 0.15) is 18.2 Å². The van der Waals surface area contributed by atoms with Crippen LogP contribution >= 0.6 is 0 Å². The zero-order chi connectivity index (χ0) is 20.5. The Labute approximate surface area is 167 Å². The van der Waals surface area contributed by atoms with E-state index in [0.717, 1.165) is 22.3 Å². The summed E-state index contributed by atoms with van der Waals surface area (Å²) in [5, 5.41) is 11.9. The summed E-state index contributed by atoms with van der Waals surface area (Å²) in [5.74, 6) is 1.07. The molecule has 2 aromatic carbocycles. The first-order valence-corrected chi connectivity index (χ1v) is 9.07. The topological polar surface area (TPSA) is 87.0 Å². The standard InChI is InChI=1S/C22H20N4O3/c1-13-9-20(18-12-17(29-3)7-8-19(18)23-13)25-26-14(2)24-21(22(26)28)11-15-5-4-6-16(27)10-15/h4-12,27H,1-3H3,(H,23,25). The van der Waals surface area contributed by atoms with Crippen LogP contribution in [0.4, 0.5) is 5.69 Å². The summed E-state index contributed by atoms with van der Waals surface area (Å²) in [6, 6.07) is 14.1. The molecule has 0 saturated carbocycles. The molecule has 0 aliphatic carbocycles. The van der Waals surface area contributed by atoms with E-state index in [9.17, 15) is 9.90 Å². The van der Waals surface area contributed by atoms with E-state index in [4.69, 9.17) is 4.74 Å². The van der Waals surface area contributed by atoms with Crippen molar-refractivity contribution >= 4 is 34.4 Å². The Morgan fingerprint density at radius 3 is 2.72 bits per heavy atom. The number of methoxy groups -OCH3 is 1. The van der Waals surface area contributed by atoms with Gasteiger partial charge in [-0.3, -0.25) is 15.2 Å². The van der Waals surface area contributed by atoms with E-state index in [1.54, 1.807) is 44.4 Å². The molecule has 0 radical (unpaired) electrons. The van der Waals surface area contributed by atoms with Crippen molar-refractivity contribution in [2.75, 3.05) is 12.5 Å². The number of amidine groups is 1. The number of aliphatic imine (C=N–C) groups is 1. The number of pyridine rings is 1. The third kappa shape index (κ3) is 3.62. The highest BCUT2D eigenvalue weighted by Gasteiger charge is 2.28. The fourth-order valence-corrected chi connectivity index (χ4v) is 3.21. The van der Waals surface area contributed by atoms with Crippen molar-refractivity contribution in [2.45, 2.75) is 13.8 Å². The molecular formula is C22H20N4O3. The Balaban J connectivity index is 1.68. The molecule has 1 amide bonds. The van der Waals surface area contributed by atoms with Crippen LogP contribution in [-0.4, -0.2) is 34.0 Å². The molecule has 0 bridgehead atoms. The number of phenolic OH excluding ortho intramolecular Hbond substituents is 1. The molecular weight excluding hydrogens is 368 g/mol. The van der Waals surface area contributed by atoms with Crippen LogP contribution in [0.2, 0.25) is 0 Å². The lowest BCUT2D eigenvalue weighted by Gasteiger charge is -2.20. The lowest BCUT2D eigenvalue weighted by molar-refractivity contribution is -0.121. The second-order valence-electron chi connectivity index (χ2n) is 6.73. The minimum Gasteiger partial charge on any atom is -0.508 e. The number of hydrogen-bond acceptors (Lipinski definition) is 6. The minimum atomic E-state index is -0.281. The largest absolute Gasteiger partial charge is 0.508 e. The first-order chi connectivity index (χ1) is 13.9. The molecule has 0 atom stereocenters. The van der Waals surface area contributed by atoms with Crippen molar-refractivity contribution in [2.24, 2.45) is 4.99 Å². The third-order valence-corrected chi connectivity index (χ3v) is 4.58. The molecule has 7 nitrogen and oxygen atoms in total. The van der Waals surface area contributed by atoms with Crippen molar-refractivity contribution in [1.82, 2.24) is 9.99 Å². The summed E-state index contributed by atoms with van der Waals surface area (Å²) in [4.78, 5) is 21.8. The van der Waals surface area contributed by atoms with Gasteiger partial charge in [0.25, 0.3) is 5.91 Å². The minimum absolute atomic E-state index is 0.133. The zero-order valence-electron chi connectivity index (χ0n) is 16.3. The van der Waals surface area contributed by atoms with Gasteiger partial charge in [0.2, 0.25) is 0 Å². The number of hydrazine groups is 1. The molecule has 1 aromatic heterocycles. The first-order valence-electron chi connectivity index (χ1n) is 9.07. The quantitative estimate of drug-likeness (QED) is 0.662. The number of nitrogens with one attached hydrogen (secondary N) is 1. The number of aromatic nitrogens is 1. The molecule has 29 heavy (non-hydrogen) atoms. The number of amides is 1. The summed E-state index contributed by atoms with van der Waals surface area (Å²) >= 11 is 0. The number of aromatic hydroxyl groups is 1. The summed E-state index contributed by atoms with van der Waals surface area (Å²) in [6.07, 6.45) is 1.65. The number of fused-ring (bicyclic) bond motifs is 1. The first kappa shape index (κ1) is 18.5. The molecule has 0 spiro atoms. The maximum absolute atomic E-state index is 12.9. The van der Waals surface area contributed by atoms with Crippen molar-refractivity contribution in [3.63, 3.8) is 0 Å². The molecule has 7 heteroatoms. The van der Waals surface area contributed by atoms with Gasteiger partial charge in [-0.05, 0) is 61.9 Å². The summed E-state index contributed by atoms with van der Waals surface area (Å²) in [7, 11) is 1.61. The Morgan fingerprint density at radius 2 is 1.97 bits per heavy atom. The number of aryl methyl sites for hydroxylation is 1. The zero-order valence-corrected chi connectivity index (χ0v) is 16.3. The Kier molecular flexibility index (Phi) is 4.64. The average Bonchev–Trinajstić information content (AvgIpc) is 2.95. The van der Waals surface area contributed by atoms with E-state index >= 15 is 0 Å². The number of ether oxygens (including phenoxy) is 1. The van der Waals surface area contributed by atoms with E-state index < -0.39 is 0 Å². The van der Waals surface area contributed by atoms with Gasteiger partial charge >= 0.3 is 0 Å². The molecule has 4 rings (SSSR count). The number of phenols is 1. The molecule has 3 aromatic rings. The van der Waals surface area contributed by atoms with Crippen LogP contribution in [0.25, 0.3) is 17.0 Å². The number of carbonyl (C=O) groups is 1. The van der Waals surface area contributed by atoms with E-state index in [0.29, 0.717) is 17.1 Å². The van der Waals surface area contributed by atoms with Gasteiger partial charge in [-0.25, -0.2) is 10.0 Å². The van der Waals surface area contributed by atoms with Gasteiger partial charge in [-0.15, -0.1) is 0 Å². The van der Waals surface area contributed by atoms with E-state index in [2.05, 4.69) is 15.4 Å². The SMILES string of the molecule is COc1ccc2nc(C)cc(NN3C(=O)C(=Cc4cccc(O)c4)N=C3C)c2c1. The lowest BCUT2D eigenvalue weighted by Crippen LogP contribution is -2.36. The number of rotatable bonds is 4. The van der Waals surface area contributed by atoms with Gasteiger partial charge in [0, 0.05) is 11.1 Å². The monoisotopic (exact) mass is 388 g/mol. The van der Waals surface area contributed by atoms with E-state index in [1.165, 1.54) is 5.01 Å². The van der Waals surface area contributed by atoms with Crippen LogP contribution in [0.3, 0.4) is 0 Å².